The minimum absolute atomic E-state index is 0.194. The maximum atomic E-state index is 5.29. The summed E-state index contributed by atoms with van der Waals surface area (Å²) < 4.78 is 10.5. The number of pyridine rings is 1. The molecule has 0 saturated heterocycles. The van der Waals surface area contributed by atoms with Crippen LogP contribution in [-0.4, -0.2) is 41.4 Å². The number of likely N-dealkylation sites (N-methyl/N-ethyl adjacent to an activating group) is 1. The fourth-order valence-electron chi connectivity index (χ4n) is 2.02. The van der Waals surface area contributed by atoms with Gasteiger partial charge in [-0.3, -0.25) is 4.98 Å². The van der Waals surface area contributed by atoms with Gasteiger partial charge in [0.25, 0.3) is 0 Å². The van der Waals surface area contributed by atoms with Crippen molar-refractivity contribution >= 4 is 0 Å². The van der Waals surface area contributed by atoms with Crippen LogP contribution in [0.1, 0.15) is 24.2 Å². The average Bonchev–Trinajstić information content (AvgIpc) is 2.88. The third kappa shape index (κ3) is 4.40. The molecular formula is C14H20N4O2. The van der Waals surface area contributed by atoms with Crippen LogP contribution >= 0.6 is 0 Å². The standard InChI is InChI=1S/C14H20N4O2/c1-3-16-12(10-19-2)9-14-17-13(18-20-14)8-11-4-6-15-7-5-11/h4-7,12,16H,3,8-10H2,1-2H3. The van der Waals surface area contributed by atoms with E-state index in [0.717, 1.165) is 12.1 Å². The Kier molecular flexibility index (Phi) is 5.64. The van der Waals surface area contributed by atoms with Gasteiger partial charge >= 0.3 is 0 Å². The highest BCUT2D eigenvalue weighted by atomic mass is 16.5. The Morgan fingerprint density at radius 3 is 2.85 bits per heavy atom. The van der Waals surface area contributed by atoms with Crippen LogP contribution in [0.2, 0.25) is 0 Å². The zero-order chi connectivity index (χ0) is 14.2. The zero-order valence-electron chi connectivity index (χ0n) is 11.9. The Labute approximate surface area is 118 Å². The van der Waals surface area contributed by atoms with Crippen molar-refractivity contribution in [3.05, 3.63) is 41.8 Å². The molecule has 0 fully saturated rings. The zero-order valence-corrected chi connectivity index (χ0v) is 11.9. The lowest BCUT2D eigenvalue weighted by atomic mass is 10.2. The molecule has 2 heterocycles. The number of methoxy groups -OCH3 is 1. The van der Waals surface area contributed by atoms with Crippen molar-refractivity contribution < 1.29 is 9.26 Å². The lowest BCUT2D eigenvalue weighted by Gasteiger charge is -2.14. The molecule has 0 aliphatic heterocycles. The maximum Gasteiger partial charge on any atom is 0.228 e. The van der Waals surface area contributed by atoms with Gasteiger partial charge in [-0.25, -0.2) is 0 Å². The lowest BCUT2D eigenvalue weighted by molar-refractivity contribution is 0.162. The Balaban J connectivity index is 1.94. The van der Waals surface area contributed by atoms with Crippen LogP contribution in [-0.2, 0) is 17.6 Å². The quantitative estimate of drug-likeness (QED) is 0.781. The second kappa shape index (κ2) is 7.72. The monoisotopic (exact) mass is 276 g/mol. The minimum atomic E-state index is 0.194. The Bertz CT molecular complexity index is 495. The molecule has 1 N–H and O–H groups in total. The molecule has 108 valence electrons. The SMILES string of the molecule is CCNC(COC)Cc1nc(Cc2ccncc2)no1. The summed E-state index contributed by atoms with van der Waals surface area (Å²) in [4.78, 5) is 8.40. The maximum absolute atomic E-state index is 5.29. The third-order valence-electron chi connectivity index (χ3n) is 2.90. The highest BCUT2D eigenvalue weighted by Crippen LogP contribution is 2.07. The van der Waals surface area contributed by atoms with Gasteiger partial charge in [0.1, 0.15) is 0 Å². The first-order valence-corrected chi connectivity index (χ1v) is 6.74. The number of hydrogen-bond acceptors (Lipinski definition) is 6. The minimum Gasteiger partial charge on any atom is -0.383 e. The summed E-state index contributed by atoms with van der Waals surface area (Å²) in [6, 6.07) is 4.09. The second-order valence-electron chi connectivity index (χ2n) is 4.55. The van der Waals surface area contributed by atoms with Crippen LogP contribution in [0.5, 0.6) is 0 Å². The molecule has 2 aromatic heterocycles. The fraction of sp³-hybridized carbons (Fsp3) is 0.500. The van der Waals surface area contributed by atoms with E-state index in [2.05, 4.69) is 27.4 Å². The molecule has 0 bridgehead atoms. The Hall–Kier alpha value is -1.79. The molecule has 2 rings (SSSR count). The van der Waals surface area contributed by atoms with Crippen LogP contribution in [0, 0.1) is 0 Å². The van der Waals surface area contributed by atoms with Crippen LogP contribution in [0.4, 0.5) is 0 Å². The molecule has 20 heavy (non-hydrogen) atoms. The predicted octanol–water partition coefficient (Wildman–Crippen LogP) is 1.22. The van der Waals surface area contributed by atoms with Gasteiger partial charge in [-0.15, -0.1) is 0 Å². The number of hydrogen-bond donors (Lipinski definition) is 1. The van der Waals surface area contributed by atoms with Crippen molar-refractivity contribution in [3.8, 4) is 0 Å². The van der Waals surface area contributed by atoms with Gasteiger partial charge in [0.05, 0.1) is 6.61 Å². The summed E-state index contributed by atoms with van der Waals surface area (Å²) in [6.07, 6.45) is 4.85. The van der Waals surface area contributed by atoms with Gasteiger partial charge in [-0.1, -0.05) is 12.1 Å². The van der Waals surface area contributed by atoms with Crippen molar-refractivity contribution in [1.82, 2.24) is 20.4 Å². The fourth-order valence-corrected chi connectivity index (χ4v) is 2.02. The molecule has 0 spiro atoms. The Morgan fingerprint density at radius 1 is 1.35 bits per heavy atom. The van der Waals surface area contributed by atoms with Crippen molar-refractivity contribution in [2.24, 2.45) is 0 Å². The van der Waals surface area contributed by atoms with Gasteiger partial charge in [0, 0.05) is 38.4 Å². The summed E-state index contributed by atoms with van der Waals surface area (Å²) in [6.45, 7) is 3.56. The molecule has 0 saturated carbocycles. The van der Waals surface area contributed by atoms with Crippen LogP contribution in [0.15, 0.2) is 29.0 Å². The first kappa shape index (κ1) is 14.6. The van der Waals surface area contributed by atoms with Gasteiger partial charge in [0.15, 0.2) is 5.82 Å². The average molecular weight is 276 g/mol. The topological polar surface area (TPSA) is 73.1 Å². The van der Waals surface area contributed by atoms with E-state index in [1.807, 2.05) is 12.1 Å². The molecule has 0 radical (unpaired) electrons. The molecule has 0 aliphatic carbocycles. The molecular weight excluding hydrogens is 256 g/mol. The van der Waals surface area contributed by atoms with Crippen molar-refractivity contribution in [2.75, 3.05) is 20.3 Å². The largest absolute Gasteiger partial charge is 0.383 e. The molecule has 6 heteroatoms. The van der Waals surface area contributed by atoms with E-state index in [0.29, 0.717) is 31.2 Å². The van der Waals surface area contributed by atoms with E-state index < -0.39 is 0 Å². The second-order valence-corrected chi connectivity index (χ2v) is 4.55. The highest BCUT2D eigenvalue weighted by Gasteiger charge is 2.14. The highest BCUT2D eigenvalue weighted by molar-refractivity contribution is 5.14. The van der Waals surface area contributed by atoms with Crippen LogP contribution in [0.25, 0.3) is 0 Å². The van der Waals surface area contributed by atoms with Crippen molar-refractivity contribution in [3.63, 3.8) is 0 Å². The summed E-state index contributed by atoms with van der Waals surface area (Å²) in [5.74, 6) is 1.33. The third-order valence-corrected chi connectivity index (χ3v) is 2.90. The Morgan fingerprint density at radius 2 is 2.15 bits per heavy atom. The van der Waals surface area contributed by atoms with Crippen LogP contribution < -0.4 is 5.32 Å². The lowest BCUT2D eigenvalue weighted by Crippen LogP contribution is -2.35. The molecule has 0 aromatic carbocycles. The van der Waals surface area contributed by atoms with Crippen molar-refractivity contribution in [2.45, 2.75) is 25.8 Å². The van der Waals surface area contributed by atoms with E-state index in [9.17, 15) is 0 Å². The van der Waals surface area contributed by atoms with Gasteiger partial charge in [0.2, 0.25) is 5.89 Å². The summed E-state index contributed by atoms with van der Waals surface area (Å²) in [5.41, 5.74) is 1.12. The van der Waals surface area contributed by atoms with E-state index in [-0.39, 0.29) is 6.04 Å². The van der Waals surface area contributed by atoms with Crippen molar-refractivity contribution in [1.29, 1.82) is 0 Å². The van der Waals surface area contributed by atoms with E-state index in [1.54, 1.807) is 19.5 Å². The van der Waals surface area contributed by atoms with E-state index in [1.165, 1.54) is 0 Å². The molecule has 1 atom stereocenters. The number of nitrogens with zero attached hydrogens (tertiary/aromatic N) is 3. The number of aromatic nitrogens is 3. The molecule has 6 nitrogen and oxygen atoms in total. The van der Waals surface area contributed by atoms with Gasteiger partial charge < -0.3 is 14.6 Å². The molecule has 0 aliphatic rings. The number of nitrogens with one attached hydrogen (secondary N) is 1. The molecule has 1 unspecified atom stereocenters. The first-order chi connectivity index (χ1) is 9.81. The first-order valence-electron chi connectivity index (χ1n) is 6.74. The normalized spacial score (nSPS) is 12.5. The number of ether oxygens (including phenoxy) is 1. The van der Waals surface area contributed by atoms with Gasteiger partial charge in [-0.2, -0.15) is 4.98 Å². The molecule has 2 aromatic rings. The summed E-state index contributed by atoms with van der Waals surface area (Å²) >= 11 is 0. The summed E-state index contributed by atoms with van der Waals surface area (Å²) in [5, 5.41) is 7.34. The smallest absolute Gasteiger partial charge is 0.228 e. The number of rotatable bonds is 8. The van der Waals surface area contributed by atoms with E-state index >= 15 is 0 Å². The van der Waals surface area contributed by atoms with Crippen LogP contribution in [0.3, 0.4) is 0 Å². The summed E-state index contributed by atoms with van der Waals surface area (Å²) in [7, 11) is 1.69. The van der Waals surface area contributed by atoms with E-state index in [4.69, 9.17) is 9.26 Å². The predicted molar refractivity (Wildman–Crippen MR) is 74.4 cm³/mol. The van der Waals surface area contributed by atoms with Gasteiger partial charge in [-0.05, 0) is 24.2 Å². The molecule has 0 amide bonds.